The van der Waals surface area contributed by atoms with Crippen molar-refractivity contribution in [2.75, 3.05) is 12.3 Å². The molecule has 100 valence electrons. The van der Waals surface area contributed by atoms with Gasteiger partial charge in [0.15, 0.2) is 0 Å². The summed E-state index contributed by atoms with van der Waals surface area (Å²) in [7, 11) is -3.51. The average Bonchev–Trinajstić information content (AvgIpc) is 2.23. The number of carbonyl (C=O) groups is 1. The van der Waals surface area contributed by atoms with Gasteiger partial charge >= 0.3 is 0 Å². The Kier molecular flexibility index (Phi) is 5.40. The van der Waals surface area contributed by atoms with Crippen LogP contribution >= 0.6 is 23.2 Å². The van der Waals surface area contributed by atoms with Gasteiger partial charge in [0.25, 0.3) is 5.91 Å². The van der Waals surface area contributed by atoms with Gasteiger partial charge in [-0.25, -0.2) is 13.6 Å². The first-order chi connectivity index (χ1) is 8.31. The molecule has 0 radical (unpaired) electrons. The Hall–Kier alpha value is -0.820. The molecule has 18 heavy (non-hydrogen) atoms. The zero-order chi connectivity index (χ0) is 13.8. The van der Waals surface area contributed by atoms with Crippen LogP contribution in [0.1, 0.15) is 16.8 Å². The molecule has 1 aromatic rings. The van der Waals surface area contributed by atoms with Crippen LogP contribution in [0.15, 0.2) is 18.2 Å². The van der Waals surface area contributed by atoms with E-state index >= 15 is 0 Å². The highest BCUT2D eigenvalue weighted by molar-refractivity contribution is 7.89. The van der Waals surface area contributed by atoms with Crippen molar-refractivity contribution in [3.8, 4) is 0 Å². The second-order valence-electron chi connectivity index (χ2n) is 3.57. The molecule has 8 heteroatoms. The van der Waals surface area contributed by atoms with Crippen LogP contribution < -0.4 is 10.5 Å². The van der Waals surface area contributed by atoms with Crippen LogP contribution in [0, 0.1) is 0 Å². The highest BCUT2D eigenvalue weighted by Gasteiger charge is 2.13. The van der Waals surface area contributed by atoms with Crippen molar-refractivity contribution in [2.45, 2.75) is 6.42 Å². The molecule has 3 N–H and O–H groups in total. The smallest absolute Gasteiger partial charge is 0.254 e. The molecule has 0 aliphatic carbocycles. The lowest BCUT2D eigenvalue weighted by atomic mass is 10.2. The van der Waals surface area contributed by atoms with Crippen molar-refractivity contribution in [3.63, 3.8) is 0 Å². The van der Waals surface area contributed by atoms with Crippen molar-refractivity contribution in [2.24, 2.45) is 5.14 Å². The second kappa shape index (κ2) is 6.38. The molecule has 0 aliphatic rings. The van der Waals surface area contributed by atoms with Gasteiger partial charge in [0.1, 0.15) is 0 Å². The first-order valence-electron chi connectivity index (χ1n) is 5.04. The first kappa shape index (κ1) is 15.2. The zero-order valence-electron chi connectivity index (χ0n) is 9.32. The Bertz CT molecular complexity index is 526. The number of hydrogen-bond donors (Lipinski definition) is 2. The highest BCUT2D eigenvalue weighted by atomic mass is 35.5. The summed E-state index contributed by atoms with van der Waals surface area (Å²) in [4.78, 5) is 11.8. The highest BCUT2D eigenvalue weighted by Crippen LogP contribution is 2.23. The largest absolute Gasteiger partial charge is 0.352 e. The van der Waals surface area contributed by atoms with Crippen molar-refractivity contribution in [1.29, 1.82) is 0 Å². The lowest BCUT2D eigenvalue weighted by Gasteiger charge is -2.07. The fourth-order valence-electron chi connectivity index (χ4n) is 1.28. The van der Waals surface area contributed by atoms with E-state index in [4.69, 9.17) is 28.3 Å². The number of primary sulfonamides is 1. The number of carbonyl (C=O) groups excluding carboxylic acids is 1. The quantitative estimate of drug-likeness (QED) is 0.806. The number of halogens is 2. The molecule has 0 spiro atoms. The Balaban J connectivity index is 2.56. The summed E-state index contributed by atoms with van der Waals surface area (Å²) in [6.07, 6.45) is 0.229. The Morgan fingerprint density at radius 3 is 2.33 bits per heavy atom. The van der Waals surface area contributed by atoms with E-state index in [0.717, 1.165) is 0 Å². The van der Waals surface area contributed by atoms with Gasteiger partial charge in [-0.05, 0) is 18.6 Å². The van der Waals surface area contributed by atoms with Gasteiger partial charge in [-0.1, -0.05) is 29.3 Å². The molecule has 0 saturated heterocycles. The first-order valence-corrected chi connectivity index (χ1v) is 7.51. The SMILES string of the molecule is NS(=O)(=O)CCCNC(=O)c1c(Cl)cccc1Cl. The molecule has 1 amide bonds. The predicted molar refractivity (Wildman–Crippen MR) is 71.4 cm³/mol. The van der Waals surface area contributed by atoms with E-state index in [9.17, 15) is 13.2 Å². The molecule has 5 nitrogen and oxygen atoms in total. The number of sulfonamides is 1. The third-order valence-electron chi connectivity index (χ3n) is 2.08. The predicted octanol–water partition coefficient (Wildman–Crippen LogP) is 1.40. The van der Waals surface area contributed by atoms with E-state index in [1.807, 2.05) is 0 Å². The minimum Gasteiger partial charge on any atom is -0.352 e. The van der Waals surface area contributed by atoms with Crippen LogP contribution in [0.4, 0.5) is 0 Å². The summed E-state index contributed by atoms with van der Waals surface area (Å²) < 4.78 is 21.4. The number of benzene rings is 1. The summed E-state index contributed by atoms with van der Waals surface area (Å²) in [5.74, 6) is -0.635. The van der Waals surface area contributed by atoms with Crippen LogP contribution in [0.3, 0.4) is 0 Å². The average molecular weight is 311 g/mol. The topological polar surface area (TPSA) is 89.3 Å². The van der Waals surface area contributed by atoms with Crippen LogP contribution in [0.2, 0.25) is 10.0 Å². The molecule has 1 aromatic carbocycles. The van der Waals surface area contributed by atoms with Crippen LogP contribution in [0.5, 0.6) is 0 Å². The molecule has 0 aromatic heterocycles. The van der Waals surface area contributed by atoms with Gasteiger partial charge in [0.2, 0.25) is 10.0 Å². The summed E-state index contributed by atoms with van der Waals surface area (Å²) in [6, 6.07) is 4.72. The fraction of sp³-hybridized carbons (Fsp3) is 0.300. The third kappa shape index (κ3) is 4.81. The molecule has 1 rings (SSSR count). The molecule has 0 heterocycles. The zero-order valence-corrected chi connectivity index (χ0v) is 11.6. The molecule has 0 atom stereocenters. The van der Waals surface area contributed by atoms with Crippen LogP contribution in [-0.2, 0) is 10.0 Å². The maximum atomic E-state index is 11.8. The van der Waals surface area contributed by atoms with Crippen molar-refractivity contribution < 1.29 is 13.2 Å². The van der Waals surface area contributed by atoms with Crippen molar-refractivity contribution in [1.82, 2.24) is 5.32 Å². The monoisotopic (exact) mass is 310 g/mol. The number of rotatable bonds is 5. The minimum atomic E-state index is -3.51. The van der Waals surface area contributed by atoms with E-state index < -0.39 is 15.9 Å². The summed E-state index contributed by atoms with van der Waals surface area (Å²) in [5, 5.41) is 7.84. The maximum Gasteiger partial charge on any atom is 0.254 e. The second-order valence-corrected chi connectivity index (χ2v) is 6.12. The van der Waals surface area contributed by atoms with Gasteiger partial charge in [-0.3, -0.25) is 4.79 Å². The normalized spacial score (nSPS) is 11.3. The van der Waals surface area contributed by atoms with E-state index in [-0.39, 0.29) is 34.3 Å². The van der Waals surface area contributed by atoms with Crippen LogP contribution in [0.25, 0.3) is 0 Å². The Morgan fingerprint density at radius 1 is 1.28 bits per heavy atom. The molecular formula is C10H12Cl2N2O3S. The van der Waals surface area contributed by atoms with Gasteiger partial charge < -0.3 is 5.32 Å². The molecule has 0 saturated carbocycles. The Labute approximate surface area is 115 Å². The van der Waals surface area contributed by atoms with E-state index in [2.05, 4.69) is 5.32 Å². The summed E-state index contributed by atoms with van der Waals surface area (Å²) in [5.41, 5.74) is 0.177. The Morgan fingerprint density at radius 2 is 1.83 bits per heavy atom. The van der Waals surface area contributed by atoms with Crippen molar-refractivity contribution >= 4 is 39.1 Å². The van der Waals surface area contributed by atoms with Gasteiger partial charge in [0, 0.05) is 6.54 Å². The van der Waals surface area contributed by atoms with Crippen molar-refractivity contribution in [3.05, 3.63) is 33.8 Å². The van der Waals surface area contributed by atoms with Gasteiger partial charge in [-0.15, -0.1) is 0 Å². The summed E-state index contributed by atoms with van der Waals surface area (Å²) in [6.45, 7) is 0.177. The fourth-order valence-corrected chi connectivity index (χ4v) is 2.39. The molecular weight excluding hydrogens is 299 g/mol. The van der Waals surface area contributed by atoms with E-state index in [1.54, 1.807) is 18.2 Å². The molecule has 0 aliphatic heterocycles. The standard InChI is InChI=1S/C10H12Cl2N2O3S/c11-7-3-1-4-8(12)9(7)10(15)14-5-2-6-18(13,16)17/h1,3-4H,2,5-6H2,(H,14,15)(H2,13,16,17). The molecule has 0 unspecified atom stereocenters. The van der Waals surface area contributed by atoms with Gasteiger partial charge in [0.05, 0.1) is 21.4 Å². The number of amides is 1. The maximum absolute atomic E-state index is 11.8. The third-order valence-corrected chi connectivity index (χ3v) is 3.57. The molecule has 0 bridgehead atoms. The lowest BCUT2D eigenvalue weighted by molar-refractivity contribution is 0.0954. The van der Waals surface area contributed by atoms with E-state index in [1.165, 1.54) is 0 Å². The number of hydrogen-bond acceptors (Lipinski definition) is 3. The molecule has 0 fully saturated rings. The minimum absolute atomic E-state index is 0.177. The number of nitrogens with two attached hydrogens (primary N) is 1. The lowest BCUT2D eigenvalue weighted by Crippen LogP contribution is -2.27. The van der Waals surface area contributed by atoms with Crippen LogP contribution in [-0.4, -0.2) is 26.6 Å². The number of nitrogens with one attached hydrogen (secondary N) is 1. The van der Waals surface area contributed by atoms with E-state index in [0.29, 0.717) is 0 Å². The summed E-state index contributed by atoms with van der Waals surface area (Å²) >= 11 is 11.7. The van der Waals surface area contributed by atoms with Gasteiger partial charge in [-0.2, -0.15) is 0 Å².